The molecule has 1 saturated heterocycles. The highest BCUT2D eigenvalue weighted by Crippen LogP contribution is 2.50. The van der Waals surface area contributed by atoms with Crippen molar-refractivity contribution in [3.63, 3.8) is 0 Å². The minimum Gasteiger partial charge on any atom is -0.364 e. The predicted molar refractivity (Wildman–Crippen MR) is 164 cm³/mol. The van der Waals surface area contributed by atoms with Crippen molar-refractivity contribution >= 4 is 57.5 Å². The van der Waals surface area contributed by atoms with Crippen molar-refractivity contribution in [2.75, 3.05) is 18.4 Å². The number of rotatable bonds is 7. The van der Waals surface area contributed by atoms with Gasteiger partial charge in [-0.1, -0.05) is 53.7 Å². The number of carbonyl (C=O) groups excluding carboxylic acids is 3. The normalized spacial score (nSPS) is 24.8. The summed E-state index contributed by atoms with van der Waals surface area (Å²) in [6, 6.07) is 10.2. The lowest BCUT2D eigenvalue weighted by Gasteiger charge is -2.29. The fourth-order valence-corrected chi connectivity index (χ4v) is 7.49. The van der Waals surface area contributed by atoms with E-state index in [9.17, 15) is 14.4 Å². The Morgan fingerprint density at radius 1 is 1.11 bits per heavy atom. The number of nitrogens with zero attached hydrogens (tertiary/aromatic N) is 6. The SMILES string of the molecule is Cc1ncc(C2=NC3C(C(N)=O)=NN(CC(=O)N4C[C@@H]5C[C@@H]5[C@H]4C(=O)Nc4cccc(-c5ccccc5Cl)c4F)C3S2)cn1. The largest absolute Gasteiger partial charge is 0.364 e. The van der Waals surface area contributed by atoms with Crippen LogP contribution in [0.1, 0.15) is 17.8 Å². The summed E-state index contributed by atoms with van der Waals surface area (Å²) >= 11 is 7.64. The molecule has 2 unspecified atom stereocenters. The van der Waals surface area contributed by atoms with Crippen LogP contribution >= 0.6 is 23.4 Å². The maximum atomic E-state index is 15.6. The Morgan fingerprint density at radius 2 is 1.86 bits per heavy atom. The van der Waals surface area contributed by atoms with Crippen molar-refractivity contribution in [3.05, 3.63) is 77.1 Å². The van der Waals surface area contributed by atoms with Gasteiger partial charge in [0.2, 0.25) is 11.8 Å². The molecule has 44 heavy (non-hydrogen) atoms. The van der Waals surface area contributed by atoms with Crippen LogP contribution in [0.4, 0.5) is 10.1 Å². The number of likely N-dealkylation sites (tertiary alicyclic amines) is 1. The second kappa shape index (κ2) is 11.0. The fraction of sp³-hybridized carbons (Fsp3) is 0.300. The van der Waals surface area contributed by atoms with Gasteiger partial charge in [-0.15, -0.1) is 0 Å². The van der Waals surface area contributed by atoms with Crippen LogP contribution in [0, 0.1) is 24.6 Å². The summed E-state index contributed by atoms with van der Waals surface area (Å²) in [5.41, 5.74) is 7.14. The molecule has 0 spiro atoms. The molecular formula is C30H26ClFN8O3S. The molecule has 14 heteroatoms. The first kappa shape index (κ1) is 28.4. The number of carbonyl (C=O) groups is 3. The summed E-state index contributed by atoms with van der Waals surface area (Å²) < 4.78 is 15.6. The van der Waals surface area contributed by atoms with Gasteiger partial charge < -0.3 is 16.0 Å². The van der Waals surface area contributed by atoms with Gasteiger partial charge in [0.15, 0.2) is 11.5 Å². The summed E-state index contributed by atoms with van der Waals surface area (Å²) in [5.74, 6) is -1.32. The second-order valence-electron chi connectivity index (χ2n) is 11.1. The number of aryl methyl sites for hydroxylation is 1. The van der Waals surface area contributed by atoms with Crippen LogP contribution in [0.5, 0.6) is 0 Å². The molecule has 3 aliphatic heterocycles. The highest BCUT2D eigenvalue weighted by atomic mass is 35.5. The smallest absolute Gasteiger partial charge is 0.267 e. The van der Waals surface area contributed by atoms with E-state index in [-0.39, 0.29) is 41.3 Å². The average Bonchev–Trinajstić information content (AvgIpc) is 3.31. The number of aromatic nitrogens is 2. The Labute approximate surface area is 260 Å². The number of piperidine rings is 1. The molecule has 3 N–H and O–H groups in total. The molecule has 2 aromatic carbocycles. The van der Waals surface area contributed by atoms with Crippen molar-refractivity contribution in [2.24, 2.45) is 27.7 Å². The van der Waals surface area contributed by atoms with Crippen LogP contribution in [0.3, 0.4) is 0 Å². The van der Waals surface area contributed by atoms with Crippen molar-refractivity contribution < 1.29 is 18.8 Å². The number of hydrazone groups is 1. The Balaban J connectivity index is 1.08. The van der Waals surface area contributed by atoms with Gasteiger partial charge in [0.05, 0.1) is 5.69 Å². The van der Waals surface area contributed by atoms with Crippen LogP contribution in [-0.4, -0.2) is 78.9 Å². The minimum atomic E-state index is -0.762. The zero-order valence-electron chi connectivity index (χ0n) is 23.4. The summed E-state index contributed by atoms with van der Waals surface area (Å²) in [5, 5.41) is 9.12. The van der Waals surface area contributed by atoms with Crippen molar-refractivity contribution in [1.82, 2.24) is 19.9 Å². The number of amides is 3. The van der Waals surface area contributed by atoms with E-state index in [2.05, 4.69) is 25.4 Å². The number of fused-ring (bicyclic) bond motifs is 2. The third-order valence-electron chi connectivity index (χ3n) is 8.31. The van der Waals surface area contributed by atoms with Crippen molar-refractivity contribution in [3.8, 4) is 11.1 Å². The Morgan fingerprint density at radius 3 is 2.61 bits per heavy atom. The second-order valence-corrected chi connectivity index (χ2v) is 12.7. The van der Waals surface area contributed by atoms with Gasteiger partial charge in [-0.05, 0) is 37.3 Å². The Hall–Kier alpha value is -4.36. The third kappa shape index (κ3) is 4.99. The first-order valence-corrected chi connectivity index (χ1v) is 15.3. The standard InChI is InChI=1S/C30H26ClFN8O3S/c1-14-34-10-16(11-35-14)29-37-25-24(27(33)42)38-40(30(25)44-29)13-22(41)39-12-15-9-19(15)26(39)28(43)36-21-8-4-6-18(23(21)32)17-5-2-3-7-20(17)31/h2-8,10-11,15,19,25-26,30H,9,12-13H2,1H3,(H2,33,42)(H,36,43)/t15-,19-,25?,26-,30?/m0/s1. The molecule has 1 aromatic heterocycles. The third-order valence-corrected chi connectivity index (χ3v) is 9.94. The molecule has 7 rings (SSSR count). The van der Waals surface area contributed by atoms with E-state index in [4.69, 9.17) is 17.3 Å². The van der Waals surface area contributed by atoms with Crippen molar-refractivity contribution in [1.29, 1.82) is 0 Å². The molecular weight excluding hydrogens is 607 g/mol. The fourth-order valence-electron chi connectivity index (χ4n) is 6.05. The van der Waals surface area contributed by atoms with Crippen LogP contribution in [-0.2, 0) is 14.4 Å². The van der Waals surface area contributed by atoms with Crippen LogP contribution < -0.4 is 11.1 Å². The lowest BCUT2D eigenvalue weighted by atomic mass is 10.0. The number of primary amides is 1. The molecule has 2 fully saturated rings. The predicted octanol–water partition coefficient (Wildman–Crippen LogP) is 3.08. The van der Waals surface area contributed by atoms with Gasteiger partial charge in [0.25, 0.3) is 5.91 Å². The molecule has 0 bridgehead atoms. The van der Waals surface area contributed by atoms with Gasteiger partial charge in [-0.2, -0.15) is 5.10 Å². The van der Waals surface area contributed by atoms with Crippen LogP contribution in [0.2, 0.25) is 5.02 Å². The highest BCUT2D eigenvalue weighted by Gasteiger charge is 2.57. The zero-order valence-corrected chi connectivity index (χ0v) is 24.9. The molecule has 4 aliphatic rings. The number of aliphatic imine (C=N–C) groups is 1. The number of hydrogen-bond donors (Lipinski definition) is 2. The summed E-state index contributed by atoms with van der Waals surface area (Å²) in [6.45, 7) is 2.00. The molecule has 1 aliphatic carbocycles. The molecule has 4 heterocycles. The average molecular weight is 633 g/mol. The molecule has 224 valence electrons. The molecule has 3 amide bonds. The van der Waals surface area contributed by atoms with E-state index < -0.39 is 35.1 Å². The Bertz CT molecular complexity index is 1770. The number of nitrogens with two attached hydrogens (primary N) is 1. The van der Waals surface area contributed by atoms with Gasteiger partial charge in [-0.25, -0.2) is 14.4 Å². The molecule has 5 atom stereocenters. The summed E-state index contributed by atoms with van der Waals surface area (Å²) in [4.78, 5) is 54.1. The first-order chi connectivity index (χ1) is 21.2. The highest BCUT2D eigenvalue weighted by molar-refractivity contribution is 8.15. The topological polar surface area (TPSA) is 146 Å². The van der Waals surface area contributed by atoms with E-state index in [1.54, 1.807) is 55.7 Å². The number of nitrogens with one attached hydrogen (secondary N) is 1. The van der Waals surface area contributed by atoms with Crippen molar-refractivity contribution in [2.45, 2.75) is 30.8 Å². The molecule has 0 radical (unpaired) electrons. The molecule has 1 saturated carbocycles. The monoisotopic (exact) mass is 632 g/mol. The van der Waals surface area contributed by atoms with E-state index in [0.717, 1.165) is 6.42 Å². The van der Waals surface area contributed by atoms with Crippen LogP contribution in [0.15, 0.2) is 65.0 Å². The number of anilines is 1. The summed E-state index contributed by atoms with van der Waals surface area (Å²) in [7, 11) is 0. The van der Waals surface area contributed by atoms with Gasteiger partial charge in [0, 0.05) is 40.7 Å². The Kier molecular flexibility index (Phi) is 7.08. The number of halogens is 2. The van der Waals surface area contributed by atoms with Gasteiger partial charge in [-0.3, -0.25) is 24.4 Å². The molecule has 3 aromatic rings. The number of benzene rings is 2. The lowest BCUT2D eigenvalue weighted by molar-refractivity contribution is -0.138. The maximum absolute atomic E-state index is 15.6. The van der Waals surface area contributed by atoms with Crippen LogP contribution in [0.25, 0.3) is 11.1 Å². The zero-order chi connectivity index (χ0) is 30.7. The summed E-state index contributed by atoms with van der Waals surface area (Å²) in [6.07, 6.45) is 4.12. The lowest BCUT2D eigenvalue weighted by Crippen LogP contribution is -2.49. The minimum absolute atomic E-state index is 0.00845. The van der Waals surface area contributed by atoms with Gasteiger partial charge >= 0.3 is 0 Å². The van der Waals surface area contributed by atoms with Gasteiger partial charge in [0.1, 0.15) is 34.9 Å². The van der Waals surface area contributed by atoms with E-state index in [0.29, 0.717) is 33.6 Å². The van der Waals surface area contributed by atoms with E-state index in [1.165, 1.54) is 27.7 Å². The maximum Gasteiger partial charge on any atom is 0.267 e. The number of thioether (sulfide) groups is 1. The van der Waals surface area contributed by atoms with E-state index in [1.807, 2.05) is 0 Å². The van der Waals surface area contributed by atoms with E-state index >= 15 is 4.39 Å². The first-order valence-electron chi connectivity index (χ1n) is 14.0. The molecule has 11 nitrogen and oxygen atoms in total. The number of hydrogen-bond acceptors (Lipinski definition) is 9. The quantitative estimate of drug-likeness (QED) is 0.407.